The van der Waals surface area contributed by atoms with Crippen molar-refractivity contribution in [2.75, 3.05) is 0 Å². The molecule has 3 aromatic rings. The third kappa shape index (κ3) is 2.37. The van der Waals surface area contributed by atoms with Gasteiger partial charge in [0.25, 0.3) is 0 Å². The first-order chi connectivity index (χ1) is 9.54. The fraction of sp³-hybridized carbons (Fsp3) is 0.125. The van der Waals surface area contributed by atoms with E-state index in [1.807, 2.05) is 50.2 Å². The van der Waals surface area contributed by atoms with E-state index >= 15 is 0 Å². The van der Waals surface area contributed by atoms with Gasteiger partial charge >= 0.3 is 0 Å². The van der Waals surface area contributed by atoms with Crippen LogP contribution in [0.15, 0.2) is 36.4 Å². The molecule has 0 fully saturated rings. The maximum atomic E-state index is 6.31. The number of hydrogen-bond donors (Lipinski definition) is 0. The number of benzene rings is 2. The van der Waals surface area contributed by atoms with Gasteiger partial charge in [0.15, 0.2) is 5.82 Å². The summed E-state index contributed by atoms with van der Waals surface area (Å²) < 4.78 is 0. The molecule has 0 bridgehead atoms. The number of fused-ring (bicyclic) bond motifs is 1. The Morgan fingerprint density at radius 2 is 1.75 bits per heavy atom. The number of aromatic nitrogens is 2. The largest absolute Gasteiger partial charge is 0.228 e. The van der Waals surface area contributed by atoms with Crippen LogP contribution in [0, 0.1) is 13.8 Å². The van der Waals surface area contributed by atoms with E-state index in [4.69, 9.17) is 23.2 Å². The Hall–Kier alpha value is -1.64. The lowest BCUT2D eigenvalue weighted by molar-refractivity contribution is 1.22. The summed E-state index contributed by atoms with van der Waals surface area (Å²) in [7, 11) is 0. The molecule has 0 radical (unpaired) electrons. The highest BCUT2D eigenvalue weighted by atomic mass is 35.5. The van der Waals surface area contributed by atoms with Gasteiger partial charge in [-0.15, -0.1) is 0 Å². The summed E-state index contributed by atoms with van der Waals surface area (Å²) in [4.78, 5) is 9.01. The standard InChI is InChI=1S/C16H12Cl2N2/c1-9-6-11(8-12(17)7-9)16-19-13-5-3-4-10(2)14(13)15(18)20-16/h3-8H,1-2H3. The normalized spacial score (nSPS) is 11.0. The molecule has 1 aromatic heterocycles. The van der Waals surface area contributed by atoms with Gasteiger partial charge < -0.3 is 0 Å². The highest BCUT2D eigenvalue weighted by Gasteiger charge is 2.10. The van der Waals surface area contributed by atoms with E-state index in [0.29, 0.717) is 16.0 Å². The topological polar surface area (TPSA) is 25.8 Å². The molecule has 0 unspecified atom stereocenters. The average molecular weight is 303 g/mol. The number of nitrogens with zero attached hydrogens (tertiary/aromatic N) is 2. The lowest BCUT2D eigenvalue weighted by Crippen LogP contribution is -1.94. The van der Waals surface area contributed by atoms with Gasteiger partial charge in [-0.2, -0.15) is 0 Å². The molecule has 0 saturated heterocycles. The molecule has 2 aromatic carbocycles. The van der Waals surface area contributed by atoms with Crippen LogP contribution in [0.25, 0.3) is 22.3 Å². The quantitative estimate of drug-likeness (QED) is 0.576. The fourth-order valence-electron chi connectivity index (χ4n) is 2.30. The zero-order chi connectivity index (χ0) is 14.3. The summed E-state index contributed by atoms with van der Waals surface area (Å²) in [6, 6.07) is 11.7. The Labute approximate surface area is 127 Å². The summed E-state index contributed by atoms with van der Waals surface area (Å²) in [5, 5.41) is 2.04. The first kappa shape index (κ1) is 13.3. The van der Waals surface area contributed by atoms with E-state index in [2.05, 4.69) is 9.97 Å². The second kappa shape index (κ2) is 5.04. The lowest BCUT2D eigenvalue weighted by atomic mass is 10.1. The maximum Gasteiger partial charge on any atom is 0.161 e. The van der Waals surface area contributed by atoms with Crippen molar-refractivity contribution in [3.05, 3.63) is 57.7 Å². The second-order valence-electron chi connectivity index (χ2n) is 4.82. The van der Waals surface area contributed by atoms with Crippen LogP contribution in [0.4, 0.5) is 0 Å². The minimum atomic E-state index is 0.473. The van der Waals surface area contributed by atoms with E-state index in [9.17, 15) is 0 Å². The zero-order valence-corrected chi connectivity index (χ0v) is 12.6. The van der Waals surface area contributed by atoms with Crippen molar-refractivity contribution in [3.8, 4) is 11.4 Å². The maximum absolute atomic E-state index is 6.31. The predicted octanol–water partition coefficient (Wildman–Crippen LogP) is 5.22. The Bertz CT molecular complexity index is 793. The monoisotopic (exact) mass is 302 g/mol. The Morgan fingerprint density at radius 1 is 0.950 bits per heavy atom. The van der Waals surface area contributed by atoms with Crippen molar-refractivity contribution >= 4 is 34.1 Å². The van der Waals surface area contributed by atoms with Gasteiger partial charge in [-0.25, -0.2) is 9.97 Å². The van der Waals surface area contributed by atoms with Gasteiger partial charge in [-0.3, -0.25) is 0 Å². The van der Waals surface area contributed by atoms with Crippen molar-refractivity contribution < 1.29 is 0 Å². The molecule has 1 heterocycles. The Balaban J connectivity index is 2.27. The first-order valence-corrected chi connectivity index (χ1v) is 7.00. The van der Waals surface area contributed by atoms with E-state index in [0.717, 1.165) is 27.6 Å². The van der Waals surface area contributed by atoms with Crippen LogP contribution >= 0.6 is 23.2 Å². The Morgan fingerprint density at radius 3 is 2.50 bits per heavy atom. The van der Waals surface area contributed by atoms with Gasteiger partial charge in [0.2, 0.25) is 0 Å². The summed E-state index contributed by atoms with van der Waals surface area (Å²) in [6.45, 7) is 3.99. The number of halogens is 2. The van der Waals surface area contributed by atoms with Crippen molar-refractivity contribution in [1.29, 1.82) is 0 Å². The van der Waals surface area contributed by atoms with Crippen molar-refractivity contribution in [1.82, 2.24) is 9.97 Å². The predicted molar refractivity (Wildman–Crippen MR) is 84.5 cm³/mol. The van der Waals surface area contributed by atoms with E-state index in [1.165, 1.54) is 0 Å². The minimum Gasteiger partial charge on any atom is -0.228 e. The minimum absolute atomic E-state index is 0.473. The smallest absolute Gasteiger partial charge is 0.161 e. The molecule has 100 valence electrons. The molecule has 2 nitrogen and oxygen atoms in total. The van der Waals surface area contributed by atoms with Gasteiger partial charge in [-0.1, -0.05) is 35.3 Å². The van der Waals surface area contributed by atoms with Gasteiger partial charge in [-0.05, 0) is 49.2 Å². The molecule has 0 saturated carbocycles. The third-order valence-electron chi connectivity index (χ3n) is 3.19. The van der Waals surface area contributed by atoms with Gasteiger partial charge in [0, 0.05) is 16.0 Å². The number of rotatable bonds is 1. The van der Waals surface area contributed by atoms with Crippen LogP contribution < -0.4 is 0 Å². The lowest BCUT2D eigenvalue weighted by Gasteiger charge is -2.07. The van der Waals surface area contributed by atoms with Crippen molar-refractivity contribution in [3.63, 3.8) is 0 Å². The first-order valence-electron chi connectivity index (χ1n) is 6.25. The third-order valence-corrected chi connectivity index (χ3v) is 3.68. The van der Waals surface area contributed by atoms with Crippen LogP contribution in [0.1, 0.15) is 11.1 Å². The van der Waals surface area contributed by atoms with E-state index in [-0.39, 0.29) is 0 Å². The summed E-state index contributed by atoms with van der Waals surface area (Å²) in [5.41, 5.74) is 3.86. The number of aryl methyl sites for hydroxylation is 2. The molecule has 0 aliphatic heterocycles. The van der Waals surface area contributed by atoms with E-state index in [1.54, 1.807) is 0 Å². The molecule has 20 heavy (non-hydrogen) atoms. The van der Waals surface area contributed by atoms with Crippen LogP contribution in [0.3, 0.4) is 0 Å². The molecule has 3 rings (SSSR count). The zero-order valence-electron chi connectivity index (χ0n) is 11.1. The molecule has 0 atom stereocenters. The van der Waals surface area contributed by atoms with Crippen LogP contribution in [0.5, 0.6) is 0 Å². The molecule has 0 N–H and O–H groups in total. The van der Waals surface area contributed by atoms with Crippen molar-refractivity contribution in [2.45, 2.75) is 13.8 Å². The SMILES string of the molecule is Cc1cc(Cl)cc(-c2nc(Cl)c3c(C)cccc3n2)c1. The fourth-order valence-corrected chi connectivity index (χ4v) is 2.91. The number of hydrogen-bond acceptors (Lipinski definition) is 2. The van der Waals surface area contributed by atoms with Gasteiger partial charge in [0.05, 0.1) is 5.52 Å². The summed E-state index contributed by atoms with van der Waals surface area (Å²) >= 11 is 12.4. The Kier molecular flexibility index (Phi) is 3.36. The van der Waals surface area contributed by atoms with Crippen molar-refractivity contribution in [2.24, 2.45) is 0 Å². The van der Waals surface area contributed by atoms with Crippen LogP contribution in [0.2, 0.25) is 10.2 Å². The van der Waals surface area contributed by atoms with Crippen LogP contribution in [-0.2, 0) is 0 Å². The van der Waals surface area contributed by atoms with Gasteiger partial charge in [0.1, 0.15) is 5.15 Å². The molecule has 0 aliphatic rings. The summed E-state index contributed by atoms with van der Waals surface area (Å²) in [6.07, 6.45) is 0. The average Bonchev–Trinajstić information content (AvgIpc) is 2.37. The highest BCUT2D eigenvalue weighted by Crippen LogP contribution is 2.28. The highest BCUT2D eigenvalue weighted by molar-refractivity contribution is 6.34. The second-order valence-corrected chi connectivity index (χ2v) is 5.62. The van der Waals surface area contributed by atoms with E-state index < -0.39 is 0 Å². The molecule has 0 spiro atoms. The molecule has 0 aliphatic carbocycles. The van der Waals surface area contributed by atoms with Crippen LogP contribution in [-0.4, -0.2) is 9.97 Å². The molecule has 0 amide bonds. The molecule has 4 heteroatoms. The summed E-state index contributed by atoms with van der Waals surface area (Å²) in [5.74, 6) is 0.596. The molecular formula is C16H12Cl2N2. The molecular weight excluding hydrogens is 291 g/mol.